The minimum atomic E-state index is -4.90. The highest BCUT2D eigenvalue weighted by Gasteiger charge is 2.41. The van der Waals surface area contributed by atoms with E-state index in [0.29, 0.717) is 0 Å². The minimum absolute atomic E-state index is 0.314. The number of ether oxygens (including phenoxy) is 1. The molecule has 72 valence electrons. The molecule has 0 aliphatic rings. The lowest BCUT2D eigenvalue weighted by Gasteiger charge is -2.16. The van der Waals surface area contributed by atoms with Crippen LogP contribution in [0.4, 0.5) is 13.2 Å². The largest absolute Gasteiger partial charge is 0.490 e. The Balaban J connectivity index is 3.90. The number of hydrogen-bond acceptors (Lipinski definition) is 2. The predicted octanol–water partition coefficient (Wildman–Crippen LogP) is 2.27. The molecule has 0 aromatic rings. The first-order valence-electron chi connectivity index (χ1n) is 3.06. The lowest BCUT2D eigenvalue weighted by molar-refractivity contribution is -0.200. The smallest absolute Gasteiger partial charge is 0.458 e. The fraction of sp³-hybridized carbons (Fsp3) is 0.833. The van der Waals surface area contributed by atoms with E-state index in [0.717, 1.165) is 0 Å². The van der Waals surface area contributed by atoms with E-state index in [9.17, 15) is 18.0 Å². The molecule has 0 spiro atoms. The minimum Gasteiger partial charge on any atom is -0.458 e. The molecule has 0 saturated heterocycles. The lowest BCUT2D eigenvalue weighted by atomic mass is 10.2. The van der Waals surface area contributed by atoms with Gasteiger partial charge in [0.05, 0.1) is 4.32 Å². The van der Waals surface area contributed by atoms with Gasteiger partial charge in [0.15, 0.2) is 0 Å². The Morgan fingerprint density at radius 1 is 1.42 bits per heavy atom. The summed E-state index contributed by atoms with van der Waals surface area (Å²) in [4.78, 5) is 10.1. The molecule has 0 rings (SSSR count). The van der Waals surface area contributed by atoms with Gasteiger partial charge in [0.2, 0.25) is 0 Å². The van der Waals surface area contributed by atoms with Crippen LogP contribution in [0.2, 0.25) is 0 Å². The second kappa shape index (κ2) is 3.64. The van der Waals surface area contributed by atoms with Crippen LogP contribution in [0.25, 0.3) is 0 Å². The molecular weight excluding hydrogens is 241 g/mol. The summed E-state index contributed by atoms with van der Waals surface area (Å²) in [5, 5.41) is 0. The molecule has 12 heavy (non-hydrogen) atoms. The summed E-state index contributed by atoms with van der Waals surface area (Å²) in [6.45, 7) is 2.87. The Morgan fingerprint density at radius 2 is 1.83 bits per heavy atom. The zero-order valence-electron chi connectivity index (χ0n) is 6.54. The average molecular weight is 249 g/mol. The Labute approximate surface area is 76.2 Å². The molecule has 0 heterocycles. The van der Waals surface area contributed by atoms with Crippen LogP contribution in [-0.4, -0.2) is 23.1 Å². The highest BCUT2D eigenvalue weighted by molar-refractivity contribution is 9.10. The fourth-order valence-electron chi connectivity index (χ4n) is 0.319. The maximum Gasteiger partial charge on any atom is 0.490 e. The van der Waals surface area contributed by atoms with Crippen molar-refractivity contribution in [2.45, 2.75) is 24.3 Å². The summed E-state index contributed by atoms with van der Waals surface area (Å²) in [7, 11) is 0. The molecular formula is C6H8BrF3O2. The topological polar surface area (TPSA) is 26.3 Å². The molecule has 2 nitrogen and oxygen atoms in total. The van der Waals surface area contributed by atoms with Crippen LogP contribution in [0.15, 0.2) is 0 Å². The number of carbonyl (C=O) groups is 1. The summed E-state index contributed by atoms with van der Waals surface area (Å²) in [5.74, 6) is -2.16. The van der Waals surface area contributed by atoms with Crippen LogP contribution in [0.3, 0.4) is 0 Å². The van der Waals surface area contributed by atoms with Gasteiger partial charge in [-0.1, -0.05) is 15.9 Å². The third kappa shape index (κ3) is 5.40. The van der Waals surface area contributed by atoms with Crippen LogP contribution in [0.5, 0.6) is 0 Å². The van der Waals surface area contributed by atoms with E-state index >= 15 is 0 Å². The van der Waals surface area contributed by atoms with Gasteiger partial charge in [-0.25, -0.2) is 4.79 Å². The molecule has 0 aliphatic heterocycles. The van der Waals surface area contributed by atoms with Crippen molar-refractivity contribution in [3.63, 3.8) is 0 Å². The van der Waals surface area contributed by atoms with Crippen molar-refractivity contribution in [1.29, 1.82) is 0 Å². The molecule has 0 fully saturated rings. The van der Waals surface area contributed by atoms with Crippen LogP contribution in [0.1, 0.15) is 13.8 Å². The predicted molar refractivity (Wildman–Crippen MR) is 40.0 cm³/mol. The van der Waals surface area contributed by atoms with Gasteiger partial charge in [-0.2, -0.15) is 13.2 Å². The van der Waals surface area contributed by atoms with Gasteiger partial charge in [0.25, 0.3) is 0 Å². The first-order valence-corrected chi connectivity index (χ1v) is 3.85. The zero-order chi connectivity index (χ0) is 9.99. The fourth-order valence-corrected chi connectivity index (χ4v) is 0.433. The highest BCUT2D eigenvalue weighted by Crippen LogP contribution is 2.20. The van der Waals surface area contributed by atoms with E-state index in [1.165, 1.54) is 0 Å². The monoisotopic (exact) mass is 248 g/mol. The van der Waals surface area contributed by atoms with E-state index in [2.05, 4.69) is 20.7 Å². The Hall–Kier alpha value is -0.260. The molecule has 0 atom stereocenters. The summed E-state index contributed by atoms with van der Waals surface area (Å²) >= 11 is 3.03. The van der Waals surface area contributed by atoms with Gasteiger partial charge < -0.3 is 4.74 Å². The maximum atomic E-state index is 11.5. The van der Waals surface area contributed by atoms with Crippen molar-refractivity contribution in [3.05, 3.63) is 0 Å². The molecule has 0 amide bonds. The molecule has 0 N–H and O–H groups in total. The highest BCUT2D eigenvalue weighted by atomic mass is 79.9. The normalized spacial score (nSPS) is 12.8. The zero-order valence-corrected chi connectivity index (χ0v) is 8.12. The summed E-state index contributed by atoms with van der Waals surface area (Å²) in [5.41, 5.74) is 0. The van der Waals surface area contributed by atoms with Crippen LogP contribution in [-0.2, 0) is 9.53 Å². The van der Waals surface area contributed by atoms with E-state index < -0.39 is 16.5 Å². The second-order valence-electron chi connectivity index (χ2n) is 2.79. The van der Waals surface area contributed by atoms with E-state index in [1.54, 1.807) is 13.8 Å². The van der Waals surface area contributed by atoms with Crippen LogP contribution < -0.4 is 0 Å². The molecule has 0 bridgehead atoms. The van der Waals surface area contributed by atoms with Gasteiger partial charge in [0.1, 0.15) is 6.61 Å². The summed E-state index contributed by atoms with van der Waals surface area (Å²) in [6, 6.07) is 0. The number of halogens is 4. The first kappa shape index (κ1) is 11.7. The van der Waals surface area contributed by atoms with Crippen LogP contribution >= 0.6 is 15.9 Å². The van der Waals surface area contributed by atoms with Gasteiger partial charge in [-0.15, -0.1) is 0 Å². The summed E-state index contributed by atoms with van der Waals surface area (Å²) < 4.78 is 37.9. The Morgan fingerprint density at radius 3 is 2.08 bits per heavy atom. The Kier molecular flexibility index (Phi) is 3.56. The lowest BCUT2D eigenvalue weighted by Crippen LogP contribution is -2.30. The third-order valence-electron chi connectivity index (χ3n) is 0.778. The molecule has 0 aromatic heterocycles. The number of rotatable bonds is 2. The van der Waals surface area contributed by atoms with Gasteiger partial charge in [-0.3, -0.25) is 0 Å². The maximum absolute atomic E-state index is 11.5. The van der Waals surface area contributed by atoms with Crippen molar-refractivity contribution >= 4 is 21.9 Å². The molecule has 0 unspecified atom stereocenters. The number of esters is 1. The van der Waals surface area contributed by atoms with Gasteiger partial charge in [-0.05, 0) is 13.8 Å². The standard InChI is InChI=1S/C6H8BrF3O2/c1-5(2,7)3-12-4(11)6(8,9)10/h3H2,1-2H3. The number of carbonyl (C=O) groups excluding carboxylic acids is 1. The van der Waals surface area contributed by atoms with Gasteiger partial charge in [0, 0.05) is 0 Å². The SMILES string of the molecule is CC(C)(Br)COC(=O)C(F)(F)F. The van der Waals surface area contributed by atoms with E-state index in [4.69, 9.17) is 0 Å². The molecule has 0 aliphatic carbocycles. The molecule has 0 aromatic carbocycles. The van der Waals surface area contributed by atoms with Crippen molar-refractivity contribution < 1.29 is 22.7 Å². The van der Waals surface area contributed by atoms with Crippen molar-refractivity contribution in [2.75, 3.05) is 6.61 Å². The summed E-state index contributed by atoms with van der Waals surface area (Å²) in [6.07, 6.45) is -4.90. The van der Waals surface area contributed by atoms with Crippen molar-refractivity contribution in [1.82, 2.24) is 0 Å². The van der Waals surface area contributed by atoms with Crippen molar-refractivity contribution in [2.24, 2.45) is 0 Å². The number of alkyl halides is 4. The van der Waals surface area contributed by atoms with E-state index in [1.807, 2.05) is 0 Å². The first-order chi connectivity index (χ1) is 5.13. The van der Waals surface area contributed by atoms with Crippen LogP contribution in [0, 0.1) is 0 Å². The van der Waals surface area contributed by atoms with E-state index in [-0.39, 0.29) is 6.61 Å². The molecule has 0 radical (unpaired) electrons. The quantitative estimate of drug-likeness (QED) is 0.554. The second-order valence-corrected chi connectivity index (χ2v) is 4.94. The average Bonchev–Trinajstić information content (AvgIpc) is 1.78. The third-order valence-corrected chi connectivity index (χ3v) is 1.01. The molecule has 6 heteroatoms. The van der Waals surface area contributed by atoms with Crippen molar-refractivity contribution in [3.8, 4) is 0 Å². The molecule has 0 saturated carbocycles. The number of hydrogen-bond donors (Lipinski definition) is 0. The van der Waals surface area contributed by atoms with Gasteiger partial charge >= 0.3 is 12.1 Å². The Bertz CT molecular complexity index is 171.